The molecule has 1 aliphatic heterocycles. The van der Waals surface area contributed by atoms with Crippen molar-refractivity contribution in [1.29, 1.82) is 0 Å². The summed E-state index contributed by atoms with van der Waals surface area (Å²) in [7, 11) is 2.12. The van der Waals surface area contributed by atoms with Crippen LogP contribution >= 0.6 is 34.7 Å². The number of hydrogen-bond acceptors (Lipinski definition) is 9. The van der Waals surface area contributed by atoms with Gasteiger partial charge in [-0.25, -0.2) is 14.6 Å². The molecule has 1 N–H and O–H groups in total. The SMILES string of the molecule is CN1CCC(n2nnnc2Sc2nc3cc(Cl)ccc3nc2-c2c[nH]c(=O)s2)CC1. The normalized spacial score (nSPS) is 15.8. The molecule has 0 amide bonds. The van der Waals surface area contributed by atoms with Gasteiger partial charge in [0.1, 0.15) is 10.7 Å². The summed E-state index contributed by atoms with van der Waals surface area (Å²) in [4.78, 5) is 26.8. The van der Waals surface area contributed by atoms with E-state index in [0.717, 1.165) is 37.3 Å². The molecule has 154 valence electrons. The molecular formula is C18H17ClN8OS2. The van der Waals surface area contributed by atoms with E-state index in [1.165, 1.54) is 11.8 Å². The molecule has 1 saturated heterocycles. The van der Waals surface area contributed by atoms with Gasteiger partial charge in [-0.2, -0.15) is 0 Å². The predicted molar refractivity (Wildman–Crippen MR) is 116 cm³/mol. The fourth-order valence-electron chi connectivity index (χ4n) is 3.45. The number of benzene rings is 1. The number of aromatic nitrogens is 7. The highest BCUT2D eigenvalue weighted by atomic mass is 35.5. The molecule has 0 aliphatic carbocycles. The number of H-pyrrole nitrogens is 1. The first kappa shape index (κ1) is 19.6. The van der Waals surface area contributed by atoms with Crippen molar-refractivity contribution in [3.8, 4) is 10.6 Å². The maximum absolute atomic E-state index is 11.7. The lowest BCUT2D eigenvalue weighted by atomic mass is 10.1. The molecule has 1 aliphatic rings. The minimum absolute atomic E-state index is 0.143. The second-order valence-corrected chi connectivity index (χ2v) is 9.50. The summed E-state index contributed by atoms with van der Waals surface area (Å²) in [6.45, 7) is 2.01. The number of thiazole rings is 1. The lowest BCUT2D eigenvalue weighted by molar-refractivity contribution is 0.203. The Bertz CT molecular complexity index is 1260. The lowest BCUT2D eigenvalue weighted by Crippen LogP contribution is -2.32. The van der Waals surface area contributed by atoms with Crippen molar-refractivity contribution in [2.45, 2.75) is 29.1 Å². The van der Waals surface area contributed by atoms with E-state index < -0.39 is 0 Å². The summed E-state index contributed by atoms with van der Waals surface area (Å²) in [5.74, 6) is 0. The number of halogens is 1. The maximum Gasteiger partial charge on any atom is 0.305 e. The topological polar surface area (TPSA) is 105 Å². The molecule has 4 aromatic rings. The molecule has 0 bridgehead atoms. The minimum Gasteiger partial charge on any atom is -0.319 e. The van der Waals surface area contributed by atoms with Crippen LogP contribution in [0.4, 0.5) is 0 Å². The summed E-state index contributed by atoms with van der Waals surface area (Å²) in [5, 5.41) is 14.2. The first-order chi connectivity index (χ1) is 14.6. The molecule has 0 spiro atoms. The van der Waals surface area contributed by atoms with Crippen molar-refractivity contribution in [3.63, 3.8) is 0 Å². The van der Waals surface area contributed by atoms with E-state index in [9.17, 15) is 4.79 Å². The van der Waals surface area contributed by atoms with E-state index in [4.69, 9.17) is 21.6 Å². The first-order valence-electron chi connectivity index (χ1n) is 9.37. The van der Waals surface area contributed by atoms with Crippen LogP contribution in [0, 0.1) is 0 Å². The third-order valence-corrected chi connectivity index (χ3v) is 7.03. The molecule has 9 nitrogen and oxygen atoms in total. The Labute approximate surface area is 184 Å². The summed E-state index contributed by atoms with van der Waals surface area (Å²) in [6.07, 6.45) is 3.63. The number of hydrogen-bond donors (Lipinski definition) is 1. The van der Waals surface area contributed by atoms with E-state index in [1.54, 1.807) is 18.3 Å². The Morgan fingerprint density at radius 3 is 2.83 bits per heavy atom. The number of fused-ring (bicyclic) bond motifs is 1. The quantitative estimate of drug-likeness (QED) is 0.495. The number of nitrogens with one attached hydrogen (secondary N) is 1. The standard InChI is InChI=1S/C18H17ClN8OS2/c1-26-6-4-11(5-7-26)27-17(23-24-25-27)30-16-15(14-9-20-18(28)29-14)21-12-3-2-10(19)8-13(12)22-16/h2-3,8-9,11H,4-7H2,1H3,(H,20,28). The zero-order valence-corrected chi connectivity index (χ0v) is 18.3. The van der Waals surface area contributed by atoms with Crippen LogP contribution in [0.1, 0.15) is 18.9 Å². The molecule has 1 aromatic carbocycles. The van der Waals surface area contributed by atoms with Gasteiger partial charge in [0.05, 0.1) is 22.0 Å². The van der Waals surface area contributed by atoms with E-state index in [0.29, 0.717) is 36.8 Å². The molecule has 1 fully saturated rings. The summed E-state index contributed by atoms with van der Waals surface area (Å²) in [6, 6.07) is 5.61. The van der Waals surface area contributed by atoms with Gasteiger partial charge >= 0.3 is 4.87 Å². The highest BCUT2D eigenvalue weighted by Gasteiger charge is 2.24. The van der Waals surface area contributed by atoms with Crippen molar-refractivity contribution in [2.75, 3.05) is 20.1 Å². The summed E-state index contributed by atoms with van der Waals surface area (Å²) >= 11 is 8.60. The lowest BCUT2D eigenvalue weighted by Gasteiger charge is -2.28. The number of piperidine rings is 1. The largest absolute Gasteiger partial charge is 0.319 e. The van der Waals surface area contributed by atoms with Crippen LogP contribution in [0.25, 0.3) is 21.6 Å². The minimum atomic E-state index is -0.143. The van der Waals surface area contributed by atoms with Crippen molar-refractivity contribution in [3.05, 3.63) is 39.1 Å². The molecule has 0 saturated carbocycles. The fourth-order valence-corrected chi connectivity index (χ4v) is 5.28. The molecule has 0 unspecified atom stereocenters. The maximum atomic E-state index is 11.7. The zero-order chi connectivity index (χ0) is 20.7. The zero-order valence-electron chi connectivity index (χ0n) is 15.9. The van der Waals surface area contributed by atoms with Crippen LogP contribution in [-0.2, 0) is 0 Å². The van der Waals surface area contributed by atoms with Gasteiger partial charge in [-0.05, 0) is 73.4 Å². The van der Waals surface area contributed by atoms with Crippen molar-refractivity contribution in [1.82, 2.24) is 40.1 Å². The molecule has 0 radical (unpaired) electrons. The average Bonchev–Trinajstić information content (AvgIpc) is 3.37. The molecule has 5 rings (SSSR count). The molecule has 12 heteroatoms. The molecular weight excluding hydrogens is 444 g/mol. The second kappa shape index (κ2) is 8.06. The van der Waals surface area contributed by atoms with Crippen LogP contribution in [0.2, 0.25) is 5.02 Å². The first-order valence-corrected chi connectivity index (χ1v) is 11.4. The number of rotatable bonds is 4. The van der Waals surface area contributed by atoms with Crippen LogP contribution in [0.15, 0.2) is 39.4 Å². The van der Waals surface area contributed by atoms with Crippen molar-refractivity contribution >= 4 is 45.7 Å². The van der Waals surface area contributed by atoms with Gasteiger partial charge in [0.2, 0.25) is 5.16 Å². The number of tetrazole rings is 1. The van der Waals surface area contributed by atoms with E-state index in [-0.39, 0.29) is 10.9 Å². The van der Waals surface area contributed by atoms with Gasteiger partial charge < -0.3 is 9.88 Å². The highest BCUT2D eigenvalue weighted by Crippen LogP contribution is 2.36. The molecule has 0 atom stereocenters. The Balaban J connectivity index is 1.57. The van der Waals surface area contributed by atoms with E-state index >= 15 is 0 Å². The Morgan fingerprint density at radius 1 is 1.23 bits per heavy atom. The van der Waals surface area contributed by atoms with E-state index in [2.05, 4.69) is 32.5 Å². The van der Waals surface area contributed by atoms with Crippen LogP contribution in [0.3, 0.4) is 0 Å². The Kier molecular flexibility index (Phi) is 5.27. The number of nitrogens with zero attached hydrogens (tertiary/aromatic N) is 7. The Hall–Kier alpha value is -2.34. The third-order valence-electron chi connectivity index (χ3n) is 5.04. The van der Waals surface area contributed by atoms with Gasteiger partial charge in [-0.1, -0.05) is 22.9 Å². The van der Waals surface area contributed by atoms with Gasteiger partial charge in [0, 0.05) is 11.2 Å². The number of aromatic amines is 1. The fraction of sp³-hybridized carbons (Fsp3) is 0.333. The van der Waals surface area contributed by atoms with Gasteiger partial charge in [0.25, 0.3) is 0 Å². The molecule has 3 aromatic heterocycles. The molecule has 4 heterocycles. The van der Waals surface area contributed by atoms with Gasteiger partial charge in [0.15, 0.2) is 0 Å². The summed E-state index contributed by atoms with van der Waals surface area (Å²) < 4.78 is 1.88. The second-order valence-electron chi connectivity index (χ2n) is 7.10. The number of likely N-dealkylation sites (tertiary alicyclic amines) is 1. The third kappa shape index (κ3) is 3.85. The van der Waals surface area contributed by atoms with Crippen molar-refractivity contribution in [2.24, 2.45) is 0 Å². The monoisotopic (exact) mass is 460 g/mol. The molecule has 30 heavy (non-hydrogen) atoms. The smallest absolute Gasteiger partial charge is 0.305 e. The summed E-state index contributed by atoms with van der Waals surface area (Å²) in [5.41, 5.74) is 2.00. The van der Waals surface area contributed by atoms with Crippen molar-refractivity contribution < 1.29 is 0 Å². The average molecular weight is 461 g/mol. The highest BCUT2D eigenvalue weighted by molar-refractivity contribution is 7.99. The van der Waals surface area contributed by atoms with E-state index in [1.807, 2.05) is 10.7 Å². The van der Waals surface area contributed by atoms with Gasteiger partial charge in [-0.3, -0.25) is 4.79 Å². The predicted octanol–water partition coefficient (Wildman–Crippen LogP) is 3.10. The Morgan fingerprint density at radius 2 is 2.07 bits per heavy atom. The van der Waals surface area contributed by atoms with Crippen LogP contribution < -0.4 is 4.87 Å². The van der Waals surface area contributed by atoms with Crippen LogP contribution in [-0.4, -0.2) is 60.2 Å². The van der Waals surface area contributed by atoms with Crippen LogP contribution in [0.5, 0.6) is 0 Å². The van der Waals surface area contributed by atoms with Gasteiger partial charge in [-0.15, -0.1) is 5.10 Å².